The first-order valence-corrected chi connectivity index (χ1v) is 10.5. The minimum Gasteiger partial charge on any atom is -0.467 e. The Morgan fingerprint density at radius 2 is 1.63 bits per heavy atom. The molecule has 6 nitrogen and oxygen atoms in total. The second-order valence-electron chi connectivity index (χ2n) is 6.44. The van der Waals surface area contributed by atoms with Gasteiger partial charge in [0, 0.05) is 0 Å². The molecule has 0 radical (unpaired) electrons. The Morgan fingerprint density at radius 3 is 2.17 bits per heavy atom. The average Bonchev–Trinajstić information content (AvgIpc) is 2.71. The molecule has 2 aromatic rings. The highest BCUT2D eigenvalue weighted by molar-refractivity contribution is 7.91. The molecular formula is C20H20F3NO5S. The summed E-state index contributed by atoms with van der Waals surface area (Å²) in [7, 11) is -2.58. The van der Waals surface area contributed by atoms with E-state index >= 15 is 0 Å². The minimum atomic E-state index is -4.49. The Morgan fingerprint density at radius 1 is 1.03 bits per heavy atom. The van der Waals surface area contributed by atoms with Gasteiger partial charge >= 0.3 is 12.1 Å². The largest absolute Gasteiger partial charge is 0.467 e. The van der Waals surface area contributed by atoms with Crippen LogP contribution in [0, 0.1) is 0 Å². The number of halogens is 3. The number of carbonyl (C=O) groups excluding carboxylic acids is 2. The molecule has 0 aliphatic rings. The highest BCUT2D eigenvalue weighted by atomic mass is 32.2. The van der Waals surface area contributed by atoms with E-state index in [1.54, 1.807) is 18.2 Å². The zero-order valence-electron chi connectivity index (χ0n) is 16.0. The van der Waals surface area contributed by atoms with Crippen LogP contribution in [0.25, 0.3) is 0 Å². The van der Waals surface area contributed by atoms with Crippen molar-refractivity contribution in [2.45, 2.75) is 30.0 Å². The number of nitrogens with one attached hydrogen (secondary N) is 1. The summed E-state index contributed by atoms with van der Waals surface area (Å²) < 4.78 is 67.2. The number of rotatable bonds is 8. The first-order chi connectivity index (χ1) is 14.0. The summed E-state index contributed by atoms with van der Waals surface area (Å²) in [6, 6.07) is 10.5. The molecule has 2 aromatic carbocycles. The van der Waals surface area contributed by atoms with E-state index in [9.17, 15) is 31.2 Å². The maximum Gasteiger partial charge on any atom is 0.416 e. The topological polar surface area (TPSA) is 89.5 Å². The second-order valence-corrected chi connectivity index (χ2v) is 8.54. The number of ether oxygens (including phenoxy) is 1. The van der Waals surface area contributed by atoms with Crippen molar-refractivity contribution in [1.29, 1.82) is 0 Å². The van der Waals surface area contributed by atoms with E-state index in [0.29, 0.717) is 5.56 Å². The number of carbonyl (C=O) groups is 2. The SMILES string of the molecule is COC(=O)[C@H](CCS(=O)(=O)c1ccccc1)NC(=O)Cc1ccc(C(F)(F)F)cc1. The summed E-state index contributed by atoms with van der Waals surface area (Å²) in [6.45, 7) is 0. The standard InChI is InChI=1S/C20H20F3NO5S/c1-29-19(26)17(11-12-30(27,28)16-5-3-2-4-6-16)24-18(25)13-14-7-9-15(10-8-14)20(21,22)23/h2-10,17H,11-13H2,1H3,(H,24,25)/t17-/m0/s1. The highest BCUT2D eigenvalue weighted by Gasteiger charge is 2.30. The zero-order valence-corrected chi connectivity index (χ0v) is 16.8. The third kappa shape index (κ3) is 6.58. The van der Waals surface area contributed by atoms with Crippen LogP contribution in [0.5, 0.6) is 0 Å². The molecule has 0 unspecified atom stereocenters. The van der Waals surface area contributed by atoms with Crippen molar-refractivity contribution < 1.29 is 35.9 Å². The molecule has 1 amide bonds. The van der Waals surface area contributed by atoms with Crippen molar-refractivity contribution in [3.63, 3.8) is 0 Å². The Bertz CT molecular complexity index is 974. The van der Waals surface area contributed by atoms with Crippen LogP contribution < -0.4 is 5.32 Å². The van der Waals surface area contributed by atoms with E-state index in [-0.39, 0.29) is 17.7 Å². The first kappa shape index (κ1) is 23.4. The fraction of sp³-hybridized carbons (Fsp3) is 0.300. The lowest BCUT2D eigenvalue weighted by Gasteiger charge is -2.17. The van der Waals surface area contributed by atoms with Gasteiger partial charge in [0.15, 0.2) is 9.84 Å². The molecule has 0 bridgehead atoms. The highest BCUT2D eigenvalue weighted by Crippen LogP contribution is 2.29. The van der Waals surface area contributed by atoms with Crippen LogP contribution in [0.4, 0.5) is 13.2 Å². The van der Waals surface area contributed by atoms with Crippen molar-refractivity contribution in [1.82, 2.24) is 5.32 Å². The Balaban J connectivity index is 2.02. The molecule has 30 heavy (non-hydrogen) atoms. The quantitative estimate of drug-likeness (QED) is 0.634. The van der Waals surface area contributed by atoms with Gasteiger partial charge in [-0.3, -0.25) is 4.79 Å². The molecule has 0 saturated carbocycles. The van der Waals surface area contributed by atoms with Crippen LogP contribution in [-0.2, 0) is 36.8 Å². The van der Waals surface area contributed by atoms with Crippen molar-refractivity contribution in [3.8, 4) is 0 Å². The van der Waals surface area contributed by atoms with Crippen LogP contribution in [0.15, 0.2) is 59.5 Å². The van der Waals surface area contributed by atoms with Crippen LogP contribution in [0.1, 0.15) is 17.5 Å². The van der Waals surface area contributed by atoms with Crippen LogP contribution >= 0.6 is 0 Å². The predicted molar refractivity (Wildman–Crippen MR) is 102 cm³/mol. The molecule has 10 heteroatoms. The van der Waals surface area contributed by atoms with Gasteiger partial charge in [0.05, 0.1) is 29.7 Å². The molecule has 162 valence electrons. The first-order valence-electron chi connectivity index (χ1n) is 8.84. The summed E-state index contributed by atoms with van der Waals surface area (Å²) in [6.07, 6.45) is -4.99. The fourth-order valence-corrected chi connectivity index (χ4v) is 4.01. The third-order valence-corrected chi connectivity index (χ3v) is 6.01. The summed E-state index contributed by atoms with van der Waals surface area (Å²) in [5.41, 5.74) is -0.536. The average molecular weight is 443 g/mol. The fourth-order valence-electron chi connectivity index (χ4n) is 2.65. The third-order valence-electron chi connectivity index (χ3n) is 4.24. The van der Waals surface area contributed by atoms with Crippen molar-refractivity contribution >= 4 is 21.7 Å². The molecule has 0 spiro atoms. The number of sulfone groups is 1. The monoisotopic (exact) mass is 443 g/mol. The molecule has 0 aromatic heterocycles. The van der Waals surface area contributed by atoms with Gasteiger partial charge in [-0.1, -0.05) is 30.3 Å². The normalized spacial score (nSPS) is 12.8. The summed E-state index contributed by atoms with van der Waals surface area (Å²) >= 11 is 0. The summed E-state index contributed by atoms with van der Waals surface area (Å²) in [4.78, 5) is 24.3. The van der Waals surface area contributed by atoms with Crippen molar-refractivity contribution in [3.05, 3.63) is 65.7 Å². The van der Waals surface area contributed by atoms with Gasteiger partial charge in [0.1, 0.15) is 6.04 Å². The van der Waals surface area contributed by atoms with Gasteiger partial charge in [-0.2, -0.15) is 13.2 Å². The van der Waals surface area contributed by atoms with E-state index in [1.807, 2.05) is 0 Å². The molecule has 0 aliphatic heterocycles. The molecule has 0 fully saturated rings. The van der Waals surface area contributed by atoms with Gasteiger partial charge in [-0.15, -0.1) is 0 Å². The van der Waals surface area contributed by atoms with Gasteiger partial charge in [0.25, 0.3) is 0 Å². The molecule has 0 aliphatic carbocycles. The maximum absolute atomic E-state index is 12.6. The number of hydrogen-bond acceptors (Lipinski definition) is 5. The maximum atomic E-state index is 12.6. The predicted octanol–water partition coefficient (Wildman–Crippen LogP) is 2.77. The lowest BCUT2D eigenvalue weighted by molar-refractivity contribution is -0.145. The zero-order chi connectivity index (χ0) is 22.4. The number of alkyl halides is 3. The summed E-state index contributed by atoms with van der Waals surface area (Å²) in [5.74, 6) is -1.88. The lowest BCUT2D eigenvalue weighted by atomic mass is 10.1. The van der Waals surface area contributed by atoms with E-state index < -0.39 is 45.2 Å². The number of amides is 1. The Kier molecular flexibility index (Phi) is 7.60. The van der Waals surface area contributed by atoms with Gasteiger partial charge in [-0.05, 0) is 36.2 Å². The minimum absolute atomic E-state index is 0.0877. The van der Waals surface area contributed by atoms with Crippen LogP contribution in [0.2, 0.25) is 0 Å². The summed E-state index contributed by atoms with van der Waals surface area (Å²) in [5, 5.41) is 2.38. The molecular weight excluding hydrogens is 423 g/mol. The van der Waals surface area contributed by atoms with E-state index in [4.69, 9.17) is 0 Å². The van der Waals surface area contributed by atoms with Gasteiger partial charge < -0.3 is 10.1 Å². The van der Waals surface area contributed by atoms with E-state index in [1.165, 1.54) is 12.1 Å². The number of methoxy groups -OCH3 is 1. The second kappa shape index (κ2) is 9.75. The van der Waals surface area contributed by atoms with E-state index in [0.717, 1.165) is 31.4 Å². The smallest absolute Gasteiger partial charge is 0.416 e. The van der Waals surface area contributed by atoms with Crippen molar-refractivity contribution in [2.75, 3.05) is 12.9 Å². The molecule has 0 heterocycles. The van der Waals surface area contributed by atoms with E-state index in [2.05, 4.69) is 10.1 Å². The lowest BCUT2D eigenvalue weighted by Crippen LogP contribution is -2.43. The van der Waals surface area contributed by atoms with Gasteiger partial charge in [-0.25, -0.2) is 13.2 Å². The van der Waals surface area contributed by atoms with Gasteiger partial charge in [0.2, 0.25) is 5.91 Å². The number of esters is 1. The number of hydrogen-bond donors (Lipinski definition) is 1. The molecule has 0 saturated heterocycles. The Labute approximate surface area is 172 Å². The van der Waals surface area contributed by atoms with Crippen LogP contribution in [-0.4, -0.2) is 39.2 Å². The van der Waals surface area contributed by atoms with Crippen LogP contribution in [0.3, 0.4) is 0 Å². The number of benzene rings is 2. The molecule has 2 rings (SSSR count). The van der Waals surface area contributed by atoms with Crippen molar-refractivity contribution in [2.24, 2.45) is 0 Å². The molecule has 1 N–H and O–H groups in total. The molecule has 1 atom stereocenters. The Hall–Kier alpha value is -2.88.